The van der Waals surface area contributed by atoms with Crippen molar-refractivity contribution >= 4 is 24.5 Å². The largest absolute Gasteiger partial charge is 0.427 e. The van der Waals surface area contributed by atoms with E-state index in [-0.39, 0.29) is 11.9 Å². The molecule has 1 amide bonds. The van der Waals surface area contributed by atoms with Gasteiger partial charge >= 0.3 is 7.48 Å². The van der Waals surface area contributed by atoms with Gasteiger partial charge in [0.05, 0.1) is 16.9 Å². The van der Waals surface area contributed by atoms with E-state index in [0.717, 1.165) is 37.9 Å². The minimum absolute atomic E-state index is 0.0607. The standard InChI is InChI=1S/C28H37BFN4O3/c1-7-20-16-24(26(35)33-14-10-8-9-11-18(33)2)31-25-17-23(32-34(20)25)21-13-12-19(15-22(21)30)29-37-28(5,6)27(3,4)36/h12-13,15-18,36H,7-11,14H2,1-6H3/t18-/m1/s1. The average Bonchev–Trinajstić information content (AvgIpc) is 3.15. The van der Waals surface area contributed by atoms with Crippen molar-refractivity contribution in [3.63, 3.8) is 0 Å². The van der Waals surface area contributed by atoms with Crippen LogP contribution in [0.1, 0.15) is 83.4 Å². The van der Waals surface area contributed by atoms with E-state index >= 15 is 4.39 Å². The van der Waals surface area contributed by atoms with Crippen LogP contribution in [-0.2, 0) is 11.1 Å². The number of halogens is 1. The van der Waals surface area contributed by atoms with Crippen molar-refractivity contribution in [3.8, 4) is 11.3 Å². The predicted octanol–water partition coefficient (Wildman–Crippen LogP) is 4.31. The molecule has 1 saturated heterocycles. The number of benzene rings is 1. The number of aliphatic hydroxyl groups is 1. The van der Waals surface area contributed by atoms with Gasteiger partial charge in [-0.2, -0.15) is 5.10 Å². The summed E-state index contributed by atoms with van der Waals surface area (Å²) in [7, 11) is 1.45. The highest BCUT2D eigenvalue weighted by Gasteiger charge is 2.35. The van der Waals surface area contributed by atoms with Gasteiger partial charge in [0.15, 0.2) is 5.65 Å². The molecule has 1 aromatic carbocycles. The fourth-order valence-corrected chi connectivity index (χ4v) is 4.43. The second-order valence-corrected chi connectivity index (χ2v) is 11.0. The van der Waals surface area contributed by atoms with Crippen LogP contribution in [0.4, 0.5) is 4.39 Å². The third-order valence-electron chi connectivity index (χ3n) is 7.63. The summed E-state index contributed by atoms with van der Waals surface area (Å²) in [5, 5.41) is 14.9. The van der Waals surface area contributed by atoms with E-state index in [9.17, 15) is 9.90 Å². The van der Waals surface area contributed by atoms with Gasteiger partial charge in [-0.15, -0.1) is 0 Å². The summed E-state index contributed by atoms with van der Waals surface area (Å²) in [6.45, 7) is 11.7. The molecule has 1 aliphatic rings. The van der Waals surface area contributed by atoms with Gasteiger partial charge in [-0.3, -0.25) is 4.79 Å². The van der Waals surface area contributed by atoms with Gasteiger partial charge in [0, 0.05) is 29.9 Å². The molecule has 0 saturated carbocycles. The number of fused-ring (bicyclic) bond motifs is 1. The number of likely N-dealkylation sites (tertiary alicyclic amines) is 1. The van der Waals surface area contributed by atoms with Crippen molar-refractivity contribution in [3.05, 3.63) is 47.5 Å². The van der Waals surface area contributed by atoms with Gasteiger partial charge in [0.25, 0.3) is 5.91 Å². The molecule has 7 nitrogen and oxygen atoms in total. The van der Waals surface area contributed by atoms with Crippen LogP contribution in [0.25, 0.3) is 16.9 Å². The normalized spacial score (nSPS) is 17.2. The summed E-state index contributed by atoms with van der Waals surface area (Å²) in [5.41, 5.74) is 1.15. The van der Waals surface area contributed by atoms with E-state index in [1.54, 1.807) is 56.5 Å². The molecular formula is C28H37BFN4O3. The molecule has 0 bridgehead atoms. The number of aromatic nitrogens is 3. The van der Waals surface area contributed by atoms with E-state index in [0.29, 0.717) is 34.5 Å². The number of nitrogens with zero attached hydrogens (tertiary/aromatic N) is 4. The van der Waals surface area contributed by atoms with Crippen LogP contribution < -0.4 is 5.46 Å². The fourth-order valence-electron chi connectivity index (χ4n) is 4.43. The molecule has 1 atom stereocenters. The lowest BCUT2D eigenvalue weighted by molar-refractivity contribution is -0.0893. The molecule has 37 heavy (non-hydrogen) atoms. The molecule has 1 fully saturated rings. The zero-order chi connectivity index (χ0) is 27.0. The van der Waals surface area contributed by atoms with Gasteiger partial charge in [0.1, 0.15) is 11.5 Å². The molecule has 3 heterocycles. The molecular weight excluding hydrogens is 470 g/mol. The second-order valence-electron chi connectivity index (χ2n) is 11.0. The Bertz CT molecular complexity index is 1280. The van der Waals surface area contributed by atoms with Gasteiger partial charge in [-0.25, -0.2) is 13.9 Å². The summed E-state index contributed by atoms with van der Waals surface area (Å²) in [6.07, 6.45) is 4.93. The van der Waals surface area contributed by atoms with Crippen molar-refractivity contribution in [2.75, 3.05) is 6.54 Å². The molecule has 1 radical (unpaired) electrons. The molecule has 4 rings (SSSR count). The Morgan fingerprint density at radius 3 is 2.62 bits per heavy atom. The average molecular weight is 507 g/mol. The van der Waals surface area contributed by atoms with Crippen LogP contribution in [-0.4, -0.2) is 61.8 Å². The summed E-state index contributed by atoms with van der Waals surface area (Å²) >= 11 is 0. The van der Waals surface area contributed by atoms with Crippen LogP contribution in [0, 0.1) is 5.82 Å². The topological polar surface area (TPSA) is 80.0 Å². The Morgan fingerprint density at radius 2 is 1.95 bits per heavy atom. The molecule has 197 valence electrons. The highest BCUT2D eigenvalue weighted by atomic mass is 19.1. The highest BCUT2D eigenvalue weighted by Crippen LogP contribution is 2.26. The summed E-state index contributed by atoms with van der Waals surface area (Å²) in [6, 6.07) is 8.48. The van der Waals surface area contributed by atoms with Crippen LogP contribution in [0.15, 0.2) is 30.3 Å². The Hall–Kier alpha value is -2.78. The number of aryl methyl sites for hydroxylation is 1. The molecule has 0 aliphatic carbocycles. The van der Waals surface area contributed by atoms with E-state index in [4.69, 9.17) is 4.65 Å². The number of amides is 1. The number of hydrogen-bond donors (Lipinski definition) is 1. The van der Waals surface area contributed by atoms with Crippen LogP contribution in [0.3, 0.4) is 0 Å². The van der Waals surface area contributed by atoms with E-state index in [2.05, 4.69) is 17.0 Å². The third-order valence-corrected chi connectivity index (χ3v) is 7.63. The molecule has 2 aromatic heterocycles. The third kappa shape index (κ3) is 5.72. The Labute approximate surface area is 219 Å². The molecule has 0 unspecified atom stereocenters. The smallest absolute Gasteiger partial charge is 0.331 e. The summed E-state index contributed by atoms with van der Waals surface area (Å²) in [5.74, 6) is -0.510. The van der Waals surface area contributed by atoms with Crippen LogP contribution in [0.2, 0.25) is 0 Å². The highest BCUT2D eigenvalue weighted by molar-refractivity contribution is 6.47. The zero-order valence-electron chi connectivity index (χ0n) is 22.7. The number of rotatable bonds is 7. The van der Waals surface area contributed by atoms with E-state index in [1.807, 2.05) is 11.8 Å². The number of carbonyl (C=O) groups excluding carboxylic acids is 1. The quantitative estimate of drug-likeness (QED) is 0.482. The maximum atomic E-state index is 15.2. The van der Waals surface area contributed by atoms with Crippen molar-refractivity contribution in [1.82, 2.24) is 19.5 Å². The molecule has 0 spiro atoms. The Balaban J connectivity index is 1.61. The lowest BCUT2D eigenvalue weighted by atomic mass is 9.82. The maximum Gasteiger partial charge on any atom is 0.331 e. The second kappa shape index (κ2) is 10.5. The van der Waals surface area contributed by atoms with E-state index < -0.39 is 17.0 Å². The molecule has 1 aliphatic heterocycles. The van der Waals surface area contributed by atoms with Gasteiger partial charge in [0.2, 0.25) is 0 Å². The minimum Gasteiger partial charge on any atom is -0.427 e. The van der Waals surface area contributed by atoms with Gasteiger partial charge in [-0.1, -0.05) is 37.4 Å². The summed E-state index contributed by atoms with van der Waals surface area (Å²) in [4.78, 5) is 19.9. The minimum atomic E-state index is -1.08. The molecule has 3 aromatic rings. The van der Waals surface area contributed by atoms with Crippen molar-refractivity contribution in [2.24, 2.45) is 0 Å². The van der Waals surface area contributed by atoms with Crippen LogP contribution in [0.5, 0.6) is 0 Å². The lowest BCUT2D eigenvalue weighted by Crippen LogP contribution is -2.49. The first-order valence-corrected chi connectivity index (χ1v) is 13.2. The molecule has 1 N–H and O–H groups in total. The predicted molar refractivity (Wildman–Crippen MR) is 144 cm³/mol. The van der Waals surface area contributed by atoms with Crippen molar-refractivity contribution < 1.29 is 18.9 Å². The lowest BCUT2D eigenvalue weighted by Gasteiger charge is -2.37. The first kappa shape index (κ1) is 27.3. The van der Waals surface area contributed by atoms with Gasteiger partial charge < -0.3 is 14.7 Å². The maximum absolute atomic E-state index is 15.2. The molecule has 9 heteroatoms. The number of carbonyl (C=O) groups is 1. The summed E-state index contributed by atoms with van der Waals surface area (Å²) < 4.78 is 22.6. The van der Waals surface area contributed by atoms with Crippen molar-refractivity contribution in [1.29, 1.82) is 0 Å². The first-order chi connectivity index (χ1) is 17.4. The SMILES string of the molecule is CCc1cc(C(=O)N2CCCCC[C@H]2C)nc2cc(-c3ccc([B]OC(C)(C)C(C)(C)O)cc3F)nn12. The zero-order valence-corrected chi connectivity index (χ0v) is 22.7. The first-order valence-electron chi connectivity index (χ1n) is 13.2. The Morgan fingerprint density at radius 1 is 1.19 bits per heavy atom. The fraction of sp³-hybridized carbons (Fsp3) is 0.536. The van der Waals surface area contributed by atoms with E-state index in [1.165, 1.54) is 13.5 Å². The van der Waals surface area contributed by atoms with Crippen molar-refractivity contribution in [2.45, 2.75) is 90.9 Å². The Kier molecular flexibility index (Phi) is 7.76. The van der Waals surface area contributed by atoms with Gasteiger partial charge in [-0.05, 0) is 66.0 Å². The number of hydrogen-bond acceptors (Lipinski definition) is 5. The monoisotopic (exact) mass is 507 g/mol. The van der Waals surface area contributed by atoms with Crippen LogP contribution >= 0.6 is 0 Å².